The number of hydrogen-bond donors (Lipinski definition) is 0. The molecule has 0 aliphatic carbocycles. The van der Waals surface area contributed by atoms with Gasteiger partial charge >= 0.3 is 5.97 Å². The lowest BCUT2D eigenvalue weighted by molar-refractivity contribution is 0.0224. The minimum absolute atomic E-state index is 0.332. The lowest BCUT2D eigenvalue weighted by Gasteiger charge is -2.37. The summed E-state index contributed by atoms with van der Waals surface area (Å²) in [7, 11) is 0. The maximum Gasteiger partial charge on any atom is 0.340 e. The molecule has 0 aromatic heterocycles. The van der Waals surface area contributed by atoms with Crippen LogP contribution >= 0.6 is 0 Å². The molecule has 4 aromatic carbocycles. The van der Waals surface area contributed by atoms with E-state index in [9.17, 15) is 4.79 Å². The van der Waals surface area contributed by atoms with Crippen molar-refractivity contribution in [3.8, 4) is 17.2 Å². The number of rotatable bonds is 6. The molecule has 0 bridgehead atoms. The average molecular weight is 478 g/mol. The number of anilines is 1. The molecule has 2 aliphatic heterocycles. The van der Waals surface area contributed by atoms with Crippen molar-refractivity contribution in [1.29, 1.82) is 0 Å². The molecule has 5 nitrogen and oxygen atoms in total. The molecule has 2 aliphatic rings. The van der Waals surface area contributed by atoms with E-state index in [1.807, 2.05) is 84.9 Å². The fraction of sp³-hybridized carbons (Fsp3) is 0.194. The molecule has 0 radical (unpaired) electrons. The Morgan fingerprint density at radius 3 is 2.25 bits per heavy atom. The first-order chi connectivity index (χ1) is 17.6. The predicted molar refractivity (Wildman–Crippen MR) is 139 cm³/mol. The first-order valence-electron chi connectivity index (χ1n) is 12.4. The van der Waals surface area contributed by atoms with E-state index in [2.05, 4.69) is 24.8 Å². The number of benzene rings is 4. The van der Waals surface area contributed by atoms with Gasteiger partial charge in [0.05, 0.1) is 5.56 Å². The SMILES string of the molecule is CCN(CC)c1ccc2c(c1)Oc1cc(OCc3ccccc3)ccc1C21OC(=O)c2ccccc21. The Hall–Kier alpha value is -4.25. The molecular formula is C31H27NO4. The summed E-state index contributed by atoms with van der Waals surface area (Å²) in [6.07, 6.45) is 0. The highest BCUT2D eigenvalue weighted by Gasteiger charge is 2.53. The minimum Gasteiger partial charge on any atom is -0.489 e. The van der Waals surface area contributed by atoms with Crippen molar-refractivity contribution < 1.29 is 19.0 Å². The van der Waals surface area contributed by atoms with Gasteiger partial charge in [0.15, 0.2) is 5.60 Å². The zero-order chi connectivity index (χ0) is 24.7. The average Bonchev–Trinajstić information content (AvgIpc) is 3.21. The molecule has 0 saturated carbocycles. The number of carbonyl (C=O) groups excluding carboxylic acids is 1. The van der Waals surface area contributed by atoms with Gasteiger partial charge in [-0.2, -0.15) is 0 Å². The maximum atomic E-state index is 13.1. The maximum absolute atomic E-state index is 13.1. The standard InChI is InChI=1S/C31H27NO4/c1-3-32(4-2)22-14-16-26-28(18-22)35-29-19-23(34-20-21-10-6-5-7-11-21)15-17-27(29)31(26)25-13-9-8-12-24(25)30(33)36-31/h5-19H,3-4,20H2,1-2H3. The third-order valence-electron chi connectivity index (χ3n) is 7.05. The normalized spacial score (nSPS) is 17.0. The van der Waals surface area contributed by atoms with Crippen LogP contribution in [-0.4, -0.2) is 19.1 Å². The van der Waals surface area contributed by atoms with Gasteiger partial charge in [-0.05, 0) is 49.7 Å². The number of carbonyl (C=O) groups is 1. The van der Waals surface area contributed by atoms with Crippen LogP contribution in [0.15, 0.2) is 91.0 Å². The van der Waals surface area contributed by atoms with Gasteiger partial charge < -0.3 is 19.1 Å². The number of esters is 1. The highest BCUT2D eigenvalue weighted by molar-refractivity contribution is 5.97. The van der Waals surface area contributed by atoms with Gasteiger partial charge in [0.25, 0.3) is 0 Å². The Morgan fingerprint density at radius 2 is 1.47 bits per heavy atom. The van der Waals surface area contributed by atoms with Crippen molar-refractivity contribution in [3.05, 3.63) is 119 Å². The molecule has 36 heavy (non-hydrogen) atoms. The third-order valence-corrected chi connectivity index (χ3v) is 7.05. The van der Waals surface area contributed by atoms with Gasteiger partial charge in [0.2, 0.25) is 0 Å². The predicted octanol–water partition coefficient (Wildman–Crippen LogP) is 6.68. The largest absolute Gasteiger partial charge is 0.489 e. The van der Waals surface area contributed by atoms with Crippen LogP contribution in [0.2, 0.25) is 0 Å². The van der Waals surface area contributed by atoms with Gasteiger partial charge in [-0.25, -0.2) is 4.79 Å². The second kappa shape index (κ2) is 8.76. The minimum atomic E-state index is -1.07. The van der Waals surface area contributed by atoms with Crippen LogP contribution in [0.1, 0.15) is 46.5 Å². The van der Waals surface area contributed by atoms with E-state index in [-0.39, 0.29) is 5.97 Å². The van der Waals surface area contributed by atoms with Crippen LogP contribution in [-0.2, 0) is 16.9 Å². The summed E-state index contributed by atoms with van der Waals surface area (Å²) < 4.78 is 18.8. The Balaban J connectivity index is 1.48. The Labute approximate surface area is 210 Å². The number of ether oxygens (including phenoxy) is 3. The van der Waals surface area contributed by atoms with Crippen molar-refractivity contribution in [2.24, 2.45) is 0 Å². The molecule has 6 rings (SSSR count). The third kappa shape index (κ3) is 3.42. The van der Waals surface area contributed by atoms with Gasteiger partial charge in [-0.15, -0.1) is 0 Å². The lowest BCUT2D eigenvalue weighted by Crippen LogP contribution is -2.33. The summed E-state index contributed by atoms with van der Waals surface area (Å²) in [6.45, 7) is 6.47. The fourth-order valence-corrected chi connectivity index (χ4v) is 5.26. The van der Waals surface area contributed by atoms with Gasteiger partial charge in [0, 0.05) is 47.6 Å². The van der Waals surface area contributed by atoms with Crippen molar-refractivity contribution >= 4 is 11.7 Å². The Kier molecular flexibility index (Phi) is 5.41. The summed E-state index contributed by atoms with van der Waals surface area (Å²) in [5.74, 6) is 1.65. The number of hydrogen-bond acceptors (Lipinski definition) is 5. The zero-order valence-corrected chi connectivity index (χ0v) is 20.4. The van der Waals surface area contributed by atoms with Crippen molar-refractivity contribution in [3.63, 3.8) is 0 Å². The molecule has 180 valence electrons. The molecule has 0 fully saturated rings. The van der Waals surface area contributed by atoms with E-state index in [1.165, 1.54) is 0 Å². The van der Waals surface area contributed by atoms with E-state index in [4.69, 9.17) is 14.2 Å². The van der Waals surface area contributed by atoms with Crippen molar-refractivity contribution in [2.75, 3.05) is 18.0 Å². The Morgan fingerprint density at radius 1 is 0.778 bits per heavy atom. The molecule has 1 atom stereocenters. The molecule has 2 heterocycles. The van der Waals surface area contributed by atoms with Gasteiger partial charge in [0.1, 0.15) is 23.9 Å². The fourth-order valence-electron chi connectivity index (χ4n) is 5.26. The summed E-state index contributed by atoms with van der Waals surface area (Å²) in [6, 6.07) is 29.5. The topological polar surface area (TPSA) is 48.0 Å². The first kappa shape index (κ1) is 22.2. The molecule has 0 saturated heterocycles. The van der Waals surface area contributed by atoms with E-state index in [1.54, 1.807) is 0 Å². The molecule has 5 heteroatoms. The summed E-state index contributed by atoms with van der Waals surface area (Å²) in [4.78, 5) is 15.3. The van der Waals surface area contributed by atoms with Crippen LogP contribution in [0, 0.1) is 0 Å². The second-order valence-corrected chi connectivity index (χ2v) is 9.00. The first-order valence-corrected chi connectivity index (χ1v) is 12.4. The van der Waals surface area contributed by atoms with E-state index >= 15 is 0 Å². The van der Waals surface area contributed by atoms with Crippen LogP contribution in [0.5, 0.6) is 17.2 Å². The summed E-state index contributed by atoms with van der Waals surface area (Å²) in [5.41, 5.74) is 4.09. The smallest absolute Gasteiger partial charge is 0.340 e. The molecular weight excluding hydrogens is 450 g/mol. The quantitative estimate of drug-likeness (QED) is 0.290. The van der Waals surface area contributed by atoms with Crippen molar-refractivity contribution in [1.82, 2.24) is 0 Å². The van der Waals surface area contributed by atoms with Crippen molar-refractivity contribution in [2.45, 2.75) is 26.1 Å². The molecule has 0 N–H and O–H groups in total. The van der Waals surface area contributed by atoms with E-state index in [0.717, 1.165) is 41.0 Å². The van der Waals surface area contributed by atoms with E-state index < -0.39 is 5.60 Å². The van der Waals surface area contributed by atoms with Gasteiger partial charge in [-0.1, -0.05) is 48.5 Å². The van der Waals surface area contributed by atoms with Crippen LogP contribution < -0.4 is 14.4 Å². The highest BCUT2D eigenvalue weighted by atomic mass is 16.6. The second-order valence-electron chi connectivity index (χ2n) is 9.00. The van der Waals surface area contributed by atoms with Crippen LogP contribution in [0.4, 0.5) is 5.69 Å². The monoisotopic (exact) mass is 477 g/mol. The molecule has 1 unspecified atom stereocenters. The molecule has 4 aromatic rings. The summed E-state index contributed by atoms with van der Waals surface area (Å²) in [5, 5.41) is 0. The summed E-state index contributed by atoms with van der Waals surface area (Å²) >= 11 is 0. The lowest BCUT2D eigenvalue weighted by atomic mass is 9.77. The molecule has 0 amide bonds. The van der Waals surface area contributed by atoms with Crippen LogP contribution in [0.25, 0.3) is 0 Å². The van der Waals surface area contributed by atoms with E-state index in [0.29, 0.717) is 29.4 Å². The zero-order valence-electron chi connectivity index (χ0n) is 20.4. The van der Waals surface area contributed by atoms with Gasteiger partial charge in [-0.3, -0.25) is 0 Å². The molecule has 1 spiro atoms. The number of nitrogens with zero attached hydrogens (tertiary/aromatic N) is 1. The highest BCUT2D eigenvalue weighted by Crippen LogP contribution is 2.57. The number of fused-ring (bicyclic) bond motifs is 6. The Bertz CT molecular complexity index is 1440. The van der Waals surface area contributed by atoms with Crippen LogP contribution in [0.3, 0.4) is 0 Å².